The van der Waals surface area contributed by atoms with Gasteiger partial charge in [-0.1, -0.05) is 37.3 Å². The molecule has 1 aromatic carbocycles. The van der Waals surface area contributed by atoms with Crippen LogP contribution in [-0.4, -0.2) is 10.5 Å². The standard InChI is InChI=1S/C17H19BrN2O2/c1-4-17(2,12-8-6-5-7-9-12)19-16(22)13-10-15(21)20(3)11-14(13)18/h5-11H,4H2,1-3H3,(H,19,22). The van der Waals surface area contributed by atoms with Crippen LogP contribution in [-0.2, 0) is 12.6 Å². The van der Waals surface area contributed by atoms with Gasteiger partial charge in [0.2, 0.25) is 0 Å². The minimum atomic E-state index is -0.487. The molecule has 0 fully saturated rings. The molecule has 4 nitrogen and oxygen atoms in total. The molecule has 0 spiro atoms. The van der Waals surface area contributed by atoms with Gasteiger partial charge in [0.15, 0.2) is 0 Å². The number of pyridine rings is 1. The Bertz CT molecular complexity index is 740. The van der Waals surface area contributed by atoms with Crippen molar-refractivity contribution < 1.29 is 4.79 Å². The lowest BCUT2D eigenvalue weighted by atomic mass is 9.89. The molecule has 22 heavy (non-hydrogen) atoms. The average Bonchev–Trinajstić information content (AvgIpc) is 2.51. The Labute approximate surface area is 138 Å². The van der Waals surface area contributed by atoms with Crippen molar-refractivity contribution in [2.24, 2.45) is 7.05 Å². The fraction of sp³-hybridized carbons (Fsp3) is 0.294. The van der Waals surface area contributed by atoms with Crippen LogP contribution in [0.15, 0.2) is 51.9 Å². The van der Waals surface area contributed by atoms with Gasteiger partial charge in [0.1, 0.15) is 0 Å². The number of aromatic nitrogens is 1. The Kier molecular flexibility index (Phi) is 4.86. The van der Waals surface area contributed by atoms with Crippen molar-refractivity contribution in [2.45, 2.75) is 25.8 Å². The lowest BCUT2D eigenvalue weighted by Gasteiger charge is -2.30. The van der Waals surface area contributed by atoms with Gasteiger partial charge in [0, 0.05) is 23.8 Å². The number of nitrogens with one attached hydrogen (secondary N) is 1. The fourth-order valence-corrected chi connectivity index (χ4v) is 2.86. The highest BCUT2D eigenvalue weighted by atomic mass is 79.9. The van der Waals surface area contributed by atoms with Crippen molar-refractivity contribution in [1.82, 2.24) is 9.88 Å². The number of carbonyl (C=O) groups excluding carboxylic acids is 1. The van der Waals surface area contributed by atoms with Gasteiger partial charge in [-0.25, -0.2) is 0 Å². The molecule has 1 amide bonds. The third-order valence-electron chi connectivity index (χ3n) is 3.93. The fourth-order valence-electron chi connectivity index (χ4n) is 2.26. The van der Waals surface area contributed by atoms with Crippen molar-refractivity contribution >= 4 is 21.8 Å². The quantitative estimate of drug-likeness (QED) is 0.907. The van der Waals surface area contributed by atoms with E-state index in [1.165, 1.54) is 10.6 Å². The van der Waals surface area contributed by atoms with Crippen LogP contribution >= 0.6 is 15.9 Å². The molecule has 0 saturated carbocycles. The van der Waals surface area contributed by atoms with E-state index in [0.717, 1.165) is 12.0 Å². The molecule has 0 bridgehead atoms. The molecule has 2 aromatic rings. The van der Waals surface area contributed by atoms with Crippen LogP contribution < -0.4 is 10.9 Å². The van der Waals surface area contributed by atoms with Gasteiger partial charge < -0.3 is 9.88 Å². The highest BCUT2D eigenvalue weighted by molar-refractivity contribution is 9.10. The number of rotatable bonds is 4. The zero-order valence-corrected chi connectivity index (χ0v) is 14.5. The molecule has 0 saturated heterocycles. The second-order valence-corrected chi connectivity index (χ2v) is 6.34. The van der Waals surface area contributed by atoms with Crippen LogP contribution in [0.2, 0.25) is 0 Å². The molecular weight excluding hydrogens is 344 g/mol. The van der Waals surface area contributed by atoms with Crippen LogP contribution in [0.3, 0.4) is 0 Å². The summed E-state index contributed by atoms with van der Waals surface area (Å²) in [6, 6.07) is 11.2. The third kappa shape index (κ3) is 3.30. The van der Waals surface area contributed by atoms with Gasteiger partial charge >= 0.3 is 0 Å². The zero-order chi connectivity index (χ0) is 16.3. The second-order valence-electron chi connectivity index (χ2n) is 5.49. The monoisotopic (exact) mass is 362 g/mol. The number of nitrogens with zero attached hydrogens (tertiary/aromatic N) is 1. The Morgan fingerprint density at radius 2 is 1.95 bits per heavy atom. The van der Waals surface area contributed by atoms with Crippen LogP contribution in [0, 0.1) is 0 Å². The van der Waals surface area contributed by atoms with Gasteiger partial charge in [0.05, 0.1) is 11.1 Å². The molecule has 1 aromatic heterocycles. The first-order chi connectivity index (χ1) is 10.4. The number of halogens is 1. The predicted molar refractivity (Wildman–Crippen MR) is 90.9 cm³/mol. The Morgan fingerprint density at radius 3 is 2.55 bits per heavy atom. The second kappa shape index (κ2) is 6.48. The minimum absolute atomic E-state index is 0.216. The van der Waals surface area contributed by atoms with Crippen molar-refractivity contribution in [3.63, 3.8) is 0 Å². The molecular formula is C17H19BrN2O2. The molecule has 0 radical (unpaired) electrons. The summed E-state index contributed by atoms with van der Waals surface area (Å²) >= 11 is 3.35. The number of carbonyl (C=O) groups is 1. The van der Waals surface area contributed by atoms with E-state index in [-0.39, 0.29) is 11.5 Å². The highest BCUT2D eigenvalue weighted by Crippen LogP contribution is 2.25. The van der Waals surface area contributed by atoms with Crippen molar-refractivity contribution in [1.29, 1.82) is 0 Å². The summed E-state index contributed by atoms with van der Waals surface area (Å²) in [5.74, 6) is -0.266. The van der Waals surface area contributed by atoms with Gasteiger partial charge in [-0.3, -0.25) is 9.59 Å². The van der Waals surface area contributed by atoms with E-state index in [4.69, 9.17) is 0 Å². The Balaban J connectivity index is 2.35. The molecule has 1 atom stereocenters. The van der Waals surface area contributed by atoms with Crippen LogP contribution in [0.4, 0.5) is 0 Å². The Morgan fingerprint density at radius 1 is 1.32 bits per heavy atom. The van der Waals surface area contributed by atoms with E-state index in [1.54, 1.807) is 13.2 Å². The Hall–Kier alpha value is -1.88. The first kappa shape index (κ1) is 16.5. The van der Waals surface area contributed by atoms with Gasteiger partial charge in [-0.15, -0.1) is 0 Å². The lowest BCUT2D eigenvalue weighted by molar-refractivity contribution is 0.0901. The maximum Gasteiger partial charge on any atom is 0.253 e. The summed E-state index contributed by atoms with van der Waals surface area (Å²) in [7, 11) is 1.65. The molecule has 0 aliphatic carbocycles. The predicted octanol–water partition coefficient (Wildman–Crippen LogP) is 3.20. The molecule has 1 unspecified atom stereocenters. The van der Waals surface area contributed by atoms with Crippen LogP contribution in [0.5, 0.6) is 0 Å². The molecule has 2 rings (SSSR count). The number of hydrogen-bond acceptors (Lipinski definition) is 2. The van der Waals surface area contributed by atoms with Crippen molar-refractivity contribution in [2.75, 3.05) is 0 Å². The van der Waals surface area contributed by atoms with E-state index < -0.39 is 5.54 Å². The number of amides is 1. The maximum absolute atomic E-state index is 12.6. The van der Waals surface area contributed by atoms with Crippen molar-refractivity contribution in [3.05, 3.63) is 68.5 Å². The maximum atomic E-state index is 12.6. The first-order valence-electron chi connectivity index (χ1n) is 7.11. The zero-order valence-electron chi connectivity index (χ0n) is 12.9. The van der Waals surface area contributed by atoms with E-state index >= 15 is 0 Å². The summed E-state index contributed by atoms with van der Waals surface area (Å²) in [4.78, 5) is 24.4. The largest absolute Gasteiger partial charge is 0.343 e. The molecule has 116 valence electrons. The minimum Gasteiger partial charge on any atom is -0.343 e. The van der Waals surface area contributed by atoms with Crippen LogP contribution in [0.25, 0.3) is 0 Å². The molecule has 1 N–H and O–H groups in total. The van der Waals surface area contributed by atoms with Gasteiger partial charge in [-0.2, -0.15) is 0 Å². The van der Waals surface area contributed by atoms with E-state index in [1.807, 2.05) is 44.2 Å². The van der Waals surface area contributed by atoms with Gasteiger partial charge in [0.25, 0.3) is 11.5 Å². The van der Waals surface area contributed by atoms with E-state index in [9.17, 15) is 9.59 Å². The molecule has 5 heteroatoms. The molecule has 1 heterocycles. The topological polar surface area (TPSA) is 51.1 Å². The summed E-state index contributed by atoms with van der Waals surface area (Å²) in [6.07, 6.45) is 2.34. The number of aryl methyl sites for hydroxylation is 1. The highest BCUT2D eigenvalue weighted by Gasteiger charge is 2.27. The first-order valence-corrected chi connectivity index (χ1v) is 7.91. The van der Waals surface area contributed by atoms with Crippen molar-refractivity contribution in [3.8, 4) is 0 Å². The summed E-state index contributed by atoms with van der Waals surface area (Å²) in [5.41, 5.74) is 0.676. The normalized spacial score (nSPS) is 13.5. The summed E-state index contributed by atoms with van der Waals surface area (Å²) in [6.45, 7) is 4.00. The summed E-state index contributed by atoms with van der Waals surface area (Å²) in [5, 5.41) is 3.05. The summed E-state index contributed by atoms with van der Waals surface area (Å²) < 4.78 is 2.02. The lowest BCUT2D eigenvalue weighted by Crippen LogP contribution is -2.43. The molecule has 0 aliphatic heterocycles. The van der Waals surface area contributed by atoms with E-state index in [2.05, 4.69) is 21.2 Å². The molecule has 0 aliphatic rings. The smallest absolute Gasteiger partial charge is 0.253 e. The average molecular weight is 363 g/mol. The number of hydrogen-bond donors (Lipinski definition) is 1. The van der Waals surface area contributed by atoms with Crippen LogP contribution in [0.1, 0.15) is 36.2 Å². The van der Waals surface area contributed by atoms with Gasteiger partial charge in [-0.05, 0) is 34.8 Å². The third-order valence-corrected chi connectivity index (χ3v) is 4.56. The SMILES string of the molecule is CCC(C)(NC(=O)c1cc(=O)n(C)cc1Br)c1ccccc1. The number of benzene rings is 1. The van der Waals surface area contributed by atoms with E-state index in [0.29, 0.717) is 10.0 Å².